The zero-order valence-corrected chi connectivity index (χ0v) is 10.6. The van der Waals surface area contributed by atoms with Crippen LogP contribution < -0.4 is 10.5 Å². The van der Waals surface area contributed by atoms with Gasteiger partial charge in [-0.2, -0.15) is 0 Å². The van der Waals surface area contributed by atoms with Gasteiger partial charge in [-0.1, -0.05) is 6.07 Å². The zero-order chi connectivity index (χ0) is 13.0. The van der Waals surface area contributed by atoms with Crippen LogP contribution in [0.5, 0.6) is 5.75 Å². The molecule has 5 heteroatoms. The van der Waals surface area contributed by atoms with Crippen molar-refractivity contribution in [3.63, 3.8) is 0 Å². The molecule has 1 aliphatic heterocycles. The molecule has 0 aliphatic carbocycles. The van der Waals surface area contributed by atoms with Gasteiger partial charge in [0.2, 0.25) is 0 Å². The van der Waals surface area contributed by atoms with E-state index in [1.807, 2.05) is 7.05 Å². The van der Waals surface area contributed by atoms with E-state index in [4.69, 9.17) is 15.2 Å². The van der Waals surface area contributed by atoms with Gasteiger partial charge in [0, 0.05) is 25.2 Å². The van der Waals surface area contributed by atoms with Gasteiger partial charge in [-0.25, -0.2) is 4.39 Å². The Morgan fingerprint density at radius 3 is 3.11 bits per heavy atom. The number of hydrogen-bond donors (Lipinski definition) is 1. The van der Waals surface area contributed by atoms with E-state index < -0.39 is 0 Å². The van der Waals surface area contributed by atoms with Crippen molar-refractivity contribution in [2.24, 2.45) is 5.73 Å². The summed E-state index contributed by atoms with van der Waals surface area (Å²) in [5.74, 6) is 0.186. The van der Waals surface area contributed by atoms with E-state index in [9.17, 15) is 4.39 Å². The minimum Gasteiger partial charge on any atom is -0.490 e. The third kappa shape index (κ3) is 3.19. The normalized spacial score (nSPS) is 20.9. The smallest absolute Gasteiger partial charge is 0.131 e. The fraction of sp³-hybridized carbons (Fsp3) is 0.538. The topological polar surface area (TPSA) is 47.7 Å². The van der Waals surface area contributed by atoms with Gasteiger partial charge in [0.1, 0.15) is 24.3 Å². The molecule has 1 saturated heterocycles. The van der Waals surface area contributed by atoms with Crippen LogP contribution >= 0.6 is 0 Å². The van der Waals surface area contributed by atoms with E-state index in [0.717, 1.165) is 13.1 Å². The molecule has 18 heavy (non-hydrogen) atoms. The molecule has 1 unspecified atom stereocenters. The first-order valence-corrected chi connectivity index (χ1v) is 6.11. The molecule has 1 aromatic carbocycles. The average Bonchev–Trinajstić information content (AvgIpc) is 2.36. The lowest BCUT2D eigenvalue weighted by Gasteiger charge is -2.30. The van der Waals surface area contributed by atoms with Crippen molar-refractivity contribution < 1.29 is 13.9 Å². The van der Waals surface area contributed by atoms with Crippen LogP contribution in [-0.2, 0) is 11.3 Å². The lowest BCUT2D eigenvalue weighted by atomic mass is 10.2. The van der Waals surface area contributed by atoms with Gasteiger partial charge in [0.25, 0.3) is 0 Å². The number of hydrogen-bond acceptors (Lipinski definition) is 4. The van der Waals surface area contributed by atoms with Crippen molar-refractivity contribution in [3.05, 3.63) is 29.6 Å². The Morgan fingerprint density at radius 1 is 1.56 bits per heavy atom. The minimum atomic E-state index is -0.323. The molecular weight excluding hydrogens is 235 g/mol. The molecule has 0 bridgehead atoms. The van der Waals surface area contributed by atoms with Crippen LogP contribution in [0.2, 0.25) is 0 Å². The summed E-state index contributed by atoms with van der Waals surface area (Å²) < 4.78 is 24.7. The SMILES string of the molecule is CN1CCOC(COc2cccc(F)c2CN)C1. The summed E-state index contributed by atoms with van der Waals surface area (Å²) in [5, 5.41) is 0. The van der Waals surface area contributed by atoms with Crippen LogP contribution in [0.3, 0.4) is 0 Å². The summed E-state index contributed by atoms with van der Waals surface area (Å²) in [6.07, 6.45) is 0.0256. The van der Waals surface area contributed by atoms with Gasteiger partial charge in [0.15, 0.2) is 0 Å². The molecule has 2 N–H and O–H groups in total. The molecule has 4 nitrogen and oxygen atoms in total. The number of halogens is 1. The summed E-state index contributed by atoms with van der Waals surface area (Å²) in [7, 11) is 2.04. The first kappa shape index (κ1) is 13.3. The van der Waals surface area contributed by atoms with E-state index in [0.29, 0.717) is 24.5 Å². The monoisotopic (exact) mass is 254 g/mol. The van der Waals surface area contributed by atoms with Gasteiger partial charge in [-0.15, -0.1) is 0 Å². The quantitative estimate of drug-likeness (QED) is 0.870. The van der Waals surface area contributed by atoms with E-state index in [1.54, 1.807) is 12.1 Å². The summed E-state index contributed by atoms with van der Waals surface area (Å²) >= 11 is 0. The van der Waals surface area contributed by atoms with Gasteiger partial charge in [-0.3, -0.25) is 0 Å². The summed E-state index contributed by atoms with van der Waals surface area (Å²) in [6, 6.07) is 4.75. The Hall–Kier alpha value is -1.17. The van der Waals surface area contributed by atoms with Crippen LogP contribution in [0.1, 0.15) is 5.56 Å². The van der Waals surface area contributed by atoms with Gasteiger partial charge >= 0.3 is 0 Å². The fourth-order valence-electron chi connectivity index (χ4n) is 2.02. The van der Waals surface area contributed by atoms with Crippen LogP contribution in [0.15, 0.2) is 18.2 Å². The molecule has 1 heterocycles. The number of nitrogens with two attached hydrogens (primary N) is 1. The fourth-order valence-corrected chi connectivity index (χ4v) is 2.02. The lowest BCUT2D eigenvalue weighted by molar-refractivity contribution is -0.0405. The molecule has 0 spiro atoms. The van der Waals surface area contributed by atoms with Crippen LogP contribution in [0.4, 0.5) is 4.39 Å². The number of likely N-dealkylation sites (N-methyl/N-ethyl adjacent to an activating group) is 1. The summed E-state index contributed by atoms with van der Waals surface area (Å²) in [6.45, 7) is 3.02. The van der Waals surface area contributed by atoms with Crippen molar-refractivity contribution in [1.82, 2.24) is 4.90 Å². The van der Waals surface area contributed by atoms with E-state index in [1.165, 1.54) is 6.07 Å². The second-order valence-electron chi connectivity index (χ2n) is 4.49. The van der Waals surface area contributed by atoms with E-state index in [-0.39, 0.29) is 18.5 Å². The predicted octanol–water partition coefficient (Wildman–Crippen LogP) is 0.994. The van der Waals surface area contributed by atoms with Crippen LogP contribution in [-0.4, -0.2) is 44.4 Å². The second kappa shape index (κ2) is 6.13. The van der Waals surface area contributed by atoms with Gasteiger partial charge < -0.3 is 20.1 Å². The molecule has 0 saturated carbocycles. The van der Waals surface area contributed by atoms with E-state index >= 15 is 0 Å². The van der Waals surface area contributed by atoms with E-state index in [2.05, 4.69) is 4.90 Å². The molecule has 2 rings (SSSR count). The molecule has 1 aliphatic rings. The molecule has 0 radical (unpaired) electrons. The van der Waals surface area contributed by atoms with Crippen molar-refractivity contribution in [1.29, 1.82) is 0 Å². The molecular formula is C13H19FN2O2. The highest BCUT2D eigenvalue weighted by molar-refractivity contribution is 5.34. The average molecular weight is 254 g/mol. The van der Waals surface area contributed by atoms with Crippen LogP contribution in [0, 0.1) is 5.82 Å². The number of rotatable bonds is 4. The highest BCUT2D eigenvalue weighted by Crippen LogP contribution is 2.21. The maximum atomic E-state index is 13.5. The number of benzene rings is 1. The Kier molecular flexibility index (Phi) is 4.52. The third-order valence-corrected chi connectivity index (χ3v) is 3.05. The first-order chi connectivity index (χ1) is 8.70. The van der Waals surface area contributed by atoms with Crippen molar-refractivity contribution in [2.45, 2.75) is 12.6 Å². The van der Waals surface area contributed by atoms with Crippen LogP contribution in [0.25, 0.3) is 0 Å². The Labute approximate surface area is 106 Å². The molecule has 1 fully saturated rings. The molecule has 1 aromatic rings. The van der Waals surface area contributed by atoms with Crippen molar-refractivity contribution in [3.8, 4) is 5.75 Å². The Bertz CT molecular complexity index is 401. The molecule has 0 aromatic heterocycles. The predicted molar refractivity (Wildman–Crippen MR) is 67.0 cm³/mol. The highest BCUT2D eigenvalue weighted by Gasteiger charge is 2.19. The number of ether oxygens (including phenoxy) is 2. The summed E-state index contributed by atoms with van der Waals surface area (Å²) in [5.41, 5.74) is 5.94. The van der Waals surface area contributed by atoms with Crippen molar-refractivity contribution in [2.75, 3.05) is 33.4 Å². The van der Waals surface area contributed by atoms with Crippen molar-refractivity contribution >= 4 is 0 Å². The maximum Gasteiger partial charge on any atom is 0.131 e. The standard InChI is InChI=1S/C13H19FN2O2/c1-16-5-6-17-10(8-16)9-18-13-4-2-3-12(14)11(13)7-15/h2-4,10H,5-9,15H2,1H3. The highest BCUT2D eigenvalue weighted by atomic mass is 19.1. The maximum absolute atomic E-state index is 13.5. The third-order valence-electron chi connectivity index (χ3n) is 3.05. The lowest BCUT2D eigenvalue weighted by Crippen LogP contribution is -2.42. The van der Waals surface area contributed by atoms with Gasteiger partial charge in [-0.05, 0) is 19.2 Å². The Morgan fingerprint density at radius 2 is 2.39 bits per heavy atom. The number of morpholine rings is 1. The second-order valence-corrected chi connectivity index (χ2v) is 4.49. The zero-order valence-electron chi connectivity index (χ0n) is 10.6. The summed E-state index contributed by atoms with van der Waals surface area (Å²) in [4.78, 5) is 2.19. The first-order valence-electron chi connectivity index (χ1n) is 6.11. The Balaban J connectivity index is 1.95. The largest absolute Gasteiger partial charge is 0.490 e. The number of nitrogens with zero attached hydrogens (tertiary/aromatic N) is 1. The van der Waals surface area contributed by atoms with Gasteiger partial charge in [0.05, 0.1) is 6.61 Å². The molecule has 0 amide bonds. The molecule has 100 valence electrons. The molecule has 1 atom stereocenters. The minimum absolute atomic E-state index is 0.0256.